The lowest BCUT2D eigenvalue weighted by molar-refractivity contribution is -0.117. The molecule has 0 radical (unpaired) electrons. The number of rotatable bonds is 3. The number of carbonyl (C=O) groups excluding carboxylic acids is 1. The molecule has 1 aliphatic carbocycles. The third kappa shape index (κ3) is 2.57. The van der Waals surface area contributed by atoms with Crippen LogP contribution in [-0.4, -0.2) is 16.0 Å². The second kappa shape index (κ2) is 4.72. The Morgan fingerprint density at radius 1 is 1.26 bits per heavy atom. The van der Waals surface area contributed by atoms with Crippen molar-refractivity contribution in [1.82, 2.24) is 4.98 Å². The quantitative estimate of drug-likeness (QED) is 0.885. The molecular weight excluding hydrogens is 240 g/mol. The van der Waals surface area contributed by atoms with Crippen molar-refractivity contribution in [3.8, 4) is 17.0 Å². The zero-order valence-electron chi connectivity index (χ0n) is 10.3. The molecule has 1 saturated carbocycles. The first-order valence-corrected chi connectivity index (χ1v) is 6.29. The number of benzene rings is 1. The fourth-order valence-corrected chi connectivity index (χ4v) is 1.97. The summed E-state index contributed by atoms with van der Waals surface area (Å²) in [5.41, 5.74) is 2.14. The van der Waals surface area contributed by atoms with Crippen molar-refractivity contribution in [2.24, 2.45) is 5.92 Å². The van der Waals surface area contributed by atoms with Gasteiger partial charge in [0.25, 0.3) is 0 Å². The van der Waals surface area contributed by atoms with Gasteiger partial charge in [-0.05, 0) is 37.1 Å². The van der Waals surface area contributed by atoms with E-state index in [1.165, 1.54) is 0 Å². The molecule has 1 aromatic carbocycles. The molecule has 0 spiro atoms. The van der Waals surface area contributed by atoms with Gasteiger partial charge in [-0.3, -0.25) is 9.78 Å². The van der Waals surface area contributed by atoms with Crippen LogP contribution in [0, 0.1) is 5.92 Å². The van der Waals surface area contributed by atoms with Crippen LogP contribution in [0.15, 0.2) is 42.6 Å². The summed E-state index contributed by atoms with van der Waals surface area (Å²) in [5, 5.41) is 12.4. The highest BCUT2D eigenvalue weighted by atomic mass is 16.3. The van der Waals surface area contributed by atoms with Crippen molar-refractivity contribution in [3.05, 3.63) is 42.6 Å². The zero-order valence-corrected chi connectivity index (χ0v) is 10.3. The summed E-state index contributed by atoms with van der Waals surface area (Å²) in [5.74, 6) is 0.384. The SMILES string of the molecule is O=C(Nc1cccnc1-c1cccc(O)c1)C1CC1. The molecule has 0 unspecified atom stereocenters. The standard InChI is InChI=1S/C15H14N2O2/c18-12-4-1-3-11(9-12)14-13(5-2-8-16-14)17-15(19)10-6-7-10/h1-5,8-10,18H,6-7H2,(H,17,19). The summed E-state index contributed by atoms with van der Waals surface area (Å²) in [7, 11) is 0. The first-order valence-electron chi connectivity index (χ1n) is 6.29. The molecule has 0 bridgehead atoms. The average Bonchev–Trinajstić information content (AvgIpc) is 3.23. The molecule has 1 aromatic heterocycles. The molecule has 0 aliphatic heterocycles. The van der Waals surface area contributed by atoms with E-state index in [1.807, 2.05) is 12.1 Å². The van der Waals surface area contributed by atoms with Crippen molar-refractivity contribution in [2.45, 2.75) is 12.8 Å². The van der Waals surface area contributed by atoms with E-state index in [-0.39, 0.29) is 17.6 Å². The number of carbonyl (C=O) groups is 1. The maximum atomic E-state index is 11.8. The lowest BCUT2D eigenvalue weighted by Crippen LogP contribution is -2.14. The normalized spacial score (nSPS) is 14.1. The van der Waals surface area contributed by atoms with Crippen molar-refractivity contribution >= 4 is 11.6 Å². The topological polar surface area (TPSA) is 62.2 Å². The fraction of sp³-hybridized carbons (Fsp3) is 0.200. The van der Waals surface area contributed by atoms with E-state index >= 15 is 0 Å². The van der Waals surface area contributed by atoms with E-state index in [1.54, 1.807) is 30.5 Å². The second-order valence-corrected chi connectivity index (χ2v) is 4.71. The number of nitrogens with one attached hydrogen (secondary N) is 1. The van der Waals surface area contributed by atoms with E-state index < -0.39 is 0 Å². The Bertz CT molecular complexity index is 621. The van der Waals surface area contributed by atoms with Gasteiger partial charge in [0.2, 0.25) is 5.91 Å². The smallest absolute Gasteiger partial charge is 0.227 e. The van der Waals surface area contributed by atoms with Crippen LogP contribution in [0.4, 0.5) is 5.69 Å². The summed E-state index contributed by atoms with van der Waals surface area (Å²) < 4.78 is 0. The number of anilines is 1. The number of hydrogen-bond donors (Lipinski definition) is 2. The fourth-order valence-electron chi connectivity index (χ4n) is 1.97. The first kappa shape index (κ1) is 11.7. The maximum Gasteiger partial charge on any atom is 0.227 e. The number of pyridine rings is 1. The Morgan fingerprint density at radius 3 is 2.84 bits per heavy atom. The highest BCUT2D eigenvalue weighted by Gasteiger charge is 2.30. The third-order valence-electron chi connectivity index (χ3n) is 3.13. The van der Waals surface area contributed by atoms with E-state index in [2.05, 4.69) is 10.3 Å². The lowest BCUT2D eigenvalue weighted by atomic mass is 10.1. The van der Waals surface area contributed by atoms with Crippen LogP contribution < -0.4 is 5.32 Å². The number of hydrogen-bond acceptors (Lipinski definition) is 3. The number of nitrogens with zero attached hydrogens (tertiary/aromatic N) is 1. The van der Waals surface area contributed by atoms with Gasteiger partial charge in [0.1, 0.15) is 5.75 Å². The van der Waals surface area contributed by atoms with Gasteiger partial charge in [0.15, 0.2) is 0 Å². The minimum Gasteiger partial charge on any atom is -0.508 e. The molecule has 19 heavy (non-hydrogen) atoms. The zero-order chi connectivity index (χ0) is 13.2. The van der Waals surface area contributed by atoms with Gasteiger partial charge >= 0.3 is 0 Å². The molecule has 0 saturated heterocycles. The monoisotopic (exact) mass is 254 g/mol. The van der Waals surface area contributed by atoms with Gasteiger partial charge in [-0.1, -0.05) is 12.1 Å². The van der Waals surface area contributed by atoms with Crippen LogP contribution in [0.5, 0.6) is 5.75 Å². The van der Waals surface area contributed by atoms with Crippen LogP contribution in [-0.2, 0) is 4.79 Å². The van der Waals surface area contributed by atoms with E-state index in [9.17, 15) is 9.90 Å². The van der Waals surface area contributed by atoms with Crippen LogP contribution in [0.25, 0.3) is 11.3 Å². The van der Waals surface area contributed by atoms with Crippen molar-refractivity contribution in [2.75, 3.05) is 5.32 Å². The summed E-state index contributed by atoms with van der Waals surface area (Å²) in [6.07, 6.45) is 3.60. The molecule has 1 aliphatic rings. The molecule has 1 fully saturated rings. The molecule has 1 heterocycles. The Morgan fingerprint density at radius 2 is 2.11 bits per heavy atom. The summed E-state index contributed by atoms with van der Waals surface area (Å²) in [6, 6.07) is 10.5. The number of aromatic nitrogens is 1. The van der Waals surface area contributed by atoms with E-state index in [0.717, 1.165) is 18.4 Å². The predicted molar refractivity (Wildman–Crippen MR) is 72.7 cm³/mol. The Hall–Kier alpha value is -2.36. The van der Waals surface area contributed by atoms with Crippen LogP contribution >= 0.6 is 0 Å². The summed E-state index contributed by atoms with van der Waals surface area (Å²) in [4.78, 5) is 16.1. The minimum atomic E-state index is 0.0504. The molecule has 4 heteroatoms. The summed E-state index contributed by atoms with van der Waals surface area (Å²) in [6.45, 7) is 0. The molecule has 1 amide bonds. The second-order valence-electron chi connectivity index (χ2n) is 4.71. The Balaban J connectivity index is 1.94. The van der Waals surface area contributed by atoms with E-state index in [4.69, 9.17) is 0 Å². The highest BCUT2D eigenvalue weighted by Crippen LogP contribution is 2.32. The number of phenols is 1. The number of phenolic OH excluding ortho intramolecular Hbond substituents is 1. The molecule has 4 nitrogen and oxygen atoms in total. The largest absolute Gasteiger partial charge is 0.508 e. The number of aromatic hydroxyl groups is 1. The maximum absolute atomic E-state index is 11.8. The molecule has 3 rings (SSSR count). The van der Waals surface area contributed by atoms with Crippen molar-refractivity contribution < 1.29 is 9.90 Å². The predicted octanol–water partition coefficient (Wildman–Crippen LogP) is 2.80. The molecule has 2 aromatic rings. The lowest BCUT2D eigenvalue weighted by Gasteiger charge is -2.10. The first-order chi connectivity index (χ1) is 9.24. The molecule has 96 valence electrons. The Labute approximate surface area is 111 Å². The molecule has 0 atom stereocenters. The van der Waals surface area contributed by atoms with Crippen molar-refractivity contribution in [1.29, 1.82) is 0 Å². The molecule has 2 N–H and O–H groups in total. The highest BCUT2D eigenvalue weighted by molar-refractivity contribution is 5.97. The third-order valence-corrected chi connectivity index (χ3v) is 3.13. The van der Waals surface area contributed by atoms with Crippen molar-refractivity contribution in [3.63, 3.8) is 0 Å². The summed E-state index contributed by atoms with van der Waals surface area (Å²) >= 11 is 0. The van der Waals surface area contributed by atoms with Gasteiger partial charge in [-0.15, -0.1) is 0 Å². The van der Waals surface area contributed by atoms with Gasteiger partial charge in [0.05, 0.1) is 11.4 Å². The van der Waals surface area contributed by atoms with Gasteiger partial charge in [0, 0.05) is 17.7 Å². The van der Waals surface area contributed by atoms with Gasteiger partial charge in [-0.25, -0.2) is 0 Å². The number of amides is 1. The van der Waals surface area contributed by atoms with Gasteiger partial charge < -0.3 is 10.4 Å². The van der Waals surface area contributed by atoms with Crippen LogP contribution in [0.3, 0.4) is 0 Å². The molecular formula is C15H14N2O2. The van der Waals surface area contributed by atoms with Gasteiger partial charge in [-0.2, -0.15) is 0 Å². The minimum absolute atomic E-state index is 0.0504. The van der Waals surface area contributed by atoms with Crippen LogP contribution in [0.1, 0.15) is 12.8 Å². The van der Waals surface area contributed by atoms with Crippen LogP contribution in [0.2, 0.25) is 0 Å². The average molecular weight is 254 g/mol. The Kier molecular flexibility index (Phi) is 2.91. The van der Waals surface area contributed by atoms with E-state index in [0.29, 0.717) is 11.4 Å².